The van der Waals surface area contributed by atoms with E-state index in [1.807, 2.05) is 71.0 Å². The number of anilines is 1. The van der Waals surface area contributed by atoms with Gasteiger partial charge in [0.25, 0.3) is 0 Å². The molecule has 0 aliphatic heterocycles. The Kier molecular flexibility index (Phi) is 6.31. The Morgan fingerprint density at radius 3 is 2.00 bits per heavy atom. The second-order valence-electron chi connectivity index (χ2n) is 7.22. The molecule has 2 aromatic carbocycles. The minimum absolute atomic E-state index is 0.209. The number of hydrogen-bond acceptors (Lipinski definition) is 3. The van der Waals surface area contributed by atoms with Crippen LogP contribution in [0, 0.1) is 27.7 Å². The van der Waals surface area contributed by atoms with Crippen molar-refractivity contribution in [3.05, 3.63) is 64.2 Å². The first-order valence-corrected chi connectivity index (χ1v) is 10.8. The van der Waals surface area contributed by atoms with Gasteiger partial charge in [0, 0.05) is 0 Å². The maximum absolute atomic E-state index is 12.6. The first-order valence-electron chi connectivity index (χ1n) is 8.90. The third-order valence-corrected chi connectivity index (χ3v) is 5.64. The van der Waals surface area contributed by atoms with E-state index in [0.29, 0.717) is 5.69 Å². The highest BCUT2D eigenvalue weighted by atomic mass is 32.2. The van der Waals surface area contributed by atoms with E-state index in [1.165, 1.54) is 4.31 Å². The Labute approximate surface area is 162 Å². The Morgan fingerprint density at radius 1 is 1.00 bits per heavy atom. The van der Waals surface area contributed by atoms with Gasteiger partial charge in [-0.15, -0.1) is 0 Å². The van der Waals surface area contributed by atoms with E-state index in [2.05, 4.69) is 5.32 Å². The molecule has 0 bridgehead atoms. The lowest BCUT2D eigenvalue weighted by atomic mass is 10.0. The third kappa shape index (κ3) is 5.32. The molecule has 146 valence electrons. The molecule has 1 N–H and O–H groups in total. The van der Waals surface area contributed by atoms with Crippen LogP contribution < -0.4 is 9.62 Å². The number of amides is 1. The Morgan fingerprint density at radius 2 is 1.52 bits per heavy atom. The fourth-order valence-corrected chi connectivity index (χ4v) is 4.26. The Balaban J connectivity index is 2.25. The fraction of sp³-hybridized carbons (Fsp3) is 0.381. The van der Waals surface area contributed by atoms with E-state index in [4.69, 9.17) is 0 Å². The molecule has 1 amide bonds. The molecule has 0 aromatic heterocycles. The van der Waals surface area contributed by atoms with Gasteiger partial charge in [0.05, 0.1) is 18.0 Å². The van der Waals surface area contributed by atoms with Gasteiger partial charge in [-0.05, 0) is 51.3 Å². The second kappa shape index (κ2) is 8.13. The largest absolute Gasteiger partial charge is 0.348 e. The molecule has 2 aromatic rings. The molecule has 6 heteroatoms. The van der Waals surface area contributed by atoms with E-state index < -0.39 is 10.0 Å². The summed E-state index contributed by atoms with van der Waals surface area (Å²) in [7, 11) is -3.60. The number of hydrogen-bond donors (Lipinski definition) is 1. The first-order chi connectivity index (χ1) is 12.5. The number of nitrogens with one attached hydrogen (secondary N) is 1. The number of carbonyl (C=O) groups is 1. The molecule has 0 radical (unpaired) electrons. The summed E-state index contributed by atoms with van der Waals surface area (Å²) in [4.78, 5) is 12.6. The fourth-order valence-electron chi connectivity index (χ4n) is 3.28. The van der Waals surface area contributed by atoms with Crippen LogP contribution in [0.5, 0.6) is 0 Å². The molecule has 1 atom stereocenters. The van der Waals surface area contributed by atoms with Crippen molar-refractivity contribution in [3.63, 3.8) is 0 Å². The maximum Gasteiger partial charge on any atom is 0.241 e. The quantitative estimate of drug-likeness (QED) is 0.823. The topological polar surface area (TPSA) is 66.5 Å². The average Bonchev–Trinajstić information content (AvgIpc) is 2.52. The summed E-state index contributed by atoms with van der Waals surface area (Å²) in [6, 6.07) is 11.5. The van der Waals surface area contributed by atoms with Gasteiger partial charge in [-0.3, -0.25) is 9.10 Å². The monoisotopic (exact) mass is 388 g/mol. The van der Waals surface area contributed by atoms with Gasteiger partial charge in [0.1, 0.15) is 6.54 Å². The van der Waals surface area contributed by atoms with Crippen LogP contribution in [0.25, 0.3) is 0 Å². The van der Waals surface area contributed by atoms with E-state index in [0.717, 1.165) is 34.1 Å². The standard InChI is InChI=1S/C21H28N2O3S/c1-14-7-9-19(10-8-14)18(5)22-20(24)13-23(27(6,25)26)21-16(3)11-15(2)12-17(21)4/h7-12,18H,13H2,1-6H3,(H,22,24)/t18-/m0/s1. The van der Waals surface area contributed by atoms with Crippen LogP contribution in [0.15, 0.2) is 36.4 Å². The SMILES string of the molecule is Cc1ccc([C@H](C)NC(=O)CN(c2c(C)cc(C)cc2C)S(C)(=O)=O)cc1. The molecule has 5 nitrogen and oxygen atoms in total. The van der Waals surface area contributed by atoms with Crippen molar-refractivity contribution in [1.29, 1.82) is 0 Å². The lowest BCUT2D eigenvalue weighted by Crippen LogP contribution is -2.41. The average molecular weight is 389 g/mol. The van der Waals surface area contributed by atoms with E-state index in [1.54, 1.807) is 0 Å². The number of nitrogens with zero attached hydrogens (tertiary/aromatic N) is 1. The number of aryl methyl sites for hydroxylation is 4. The summed E-state index contributed by atoms with van der Waals surface area (Å²) < 4.78 is 26.0. The predicted molar refractivity (Wildman–Crippen MR) is 111 cm³/mol. The van der Waals surface area contributed by atoms with Crippen molar-refractivity contribution in [2.24, 2.45) is 0 Å². The molecule has 27 heavy (non-hydrogen) atoms. The third-order valence-electron chi connectivity index (χ3n) is 4.53. The Hall–Kier alpha value is -2.34. The van der Waals surface area contributed by atoms with E-state index in [9.17, 15) is 13.2 Å². The first kappa shape index (κ1) is 21.0. The summed E-state index contributed by atoms with van der Waals surface area (Å²) in [5.74, 6) is -0.340. The van der Waals surface area contributed by atoms with Gasteiger partial charge in [-0.25, -0.2) is 8.42 Å². The van der Waals surface area contributed by atoms with Crippen molar-refractivity contribution >= 4 is 21.6 Å². The van der Waals surface area contributed by atoms with E-state index in [-0.39, 0.29) is 18.5 Å². The van der Waals surface area contributed by atoms with Crippen molar-refractivity contribution in [3.8, 4) is 0 Å². The molecule has 0 saturated carbocycles. The molecular formula is C21H28N2O3S. The lowest BCUT2D eigenvalue weighted by Gasteiger charge is -2.26. The zero-order valence-corrected chi connectivity index (χ0v) is 17.6. The van der Waals surface area contributed by atoms with Crippen molar-refractivity contribution in [1.82, 2.24) is 5.32 Å². The predicted octanol–water partition coefficient (Wildman–Crippen LogP) is 3.56. The molecule has 0 aliphatic rings. The highest BCUT2D eigenvalue weighted by molar-refractivity contribution is 7.92. The van der Waals surface area contributed by atoms with Crippen LogP contribution in [0.2, 0.25) is 0 Å². The summed E-state index contributed by atoms with van der Waals surface area (Å²) in [6.07, 6.45) is 1.13. The molecule has 0 unspecified atom stereocenters. The molecule has 0 aliphatic carbocycles. The van der Waals surface area contributed by atoms with E-state index >= 15 is 0 Å². The molecule has 0 spiro atoms. The summed E-state index contributed by atoms with van der Waals surface area (Å²) in [5.41, 5.74) is 5.41. The number of sulfonamides is 1. The molecule has 0 heterocycles. The number of rotatable bonds is 6. The van der Waals surface area contributed by atoms with Crippen LogP contribution in [0.4, 0.5) is 5.69 Å². The highest BCUT2D eigenvalue weighted by Crippen LogP contribution is 2.28. The van der Waals surface area contributed by atoms with Crippen molar-refractivity contribution < 1.29 is 13.2 Å². The maximum atomic E-state index is 12.6. The van der Waals surface area contributed by atoms with Gasteiger partial charge >= 0.3 is 0 Å². The molecule has 2 rings (SSSR count). The van der Waals surface area contributed by atoms with Gasteiger partial charge in [0.2, 0.25) is 15.9 Å². The normalized spacial score (nSPS) is 12.5. The van der Waals surface area contributed by atoms with Crippen LogP contribution in [-0.4, -0.2) is 27.1 Å². The lowest BCUT2D eigenvalue weighted by molar-refractivity contribution is -0.120. The van der Waals surface area contributed by atoms with Gasteiger partial charge in [0.15, 0.2) is 0 Å². The van der Waals surface area contributed by atoms with Gasteiger partial charge in [-0.2, -0.15) is 0 Å². The zero-order chi connectivity index (χ0) is 20.4. The van der Waals surface area contributed by atoms with Crippen LogP contribution >= 0.6 is 0 Å². The molecular weight excluding hydrogens is 360 g/mol. The number of carbonyl (C=O) groups excluding carboxylic acids is 1. The summed E-state index contributed by atoms with van der Waals surface area (Å²) >= 11 is 0. The van der Waals surface area contributed by atoms with Crippen LogP contribution in [0.3, 0.4) is 0 Å². The van der Waals surface area contributed by atoms with Crippen molar-refractivity contribution in [2.75, 3.05) is 17.1 Å². The van der Waals surface area contributed by atoms with Crippen LogP contribution in [0.1, 0.15) is 40.8 Å². The minimum atomic E-state index is -3.60. The minimum Gasteiger partial charge on any atom is -0.348 e. The Bertz CT molecular complexity index is 911. The molecule has 0 fully saturated rings. The summed E-state index contributed by atoms with van der Waals surface area (Å²) in [5, 5.41) is 2.89. The van der Waals surface area contributed by atoms with Crippen LogP contribution in [-0.2, 0) is 14.8 Å². The van der Waals surface area contributed by atoms with Gasteiger partial charge < -0.3 is 5.32 Å². The number of benzene rings is 2. The van der Waals surface area contributed by atoms with Gasteiger partial charge in [-0.1, -0.05) is 47.5 Å². The second-order valence-corrected chi connectivity index (χ2v) is 9.12. The summed E-state index contributed by atoms with van der Waals surface area (Å²) in [6.45, 7) is 9.32. The molecule has 0 saturated heterocycles. The zero-order valence-electron chi connectivity index (χ0n) is 16.8. The smallest absolute Gasteiger partial charge is 0.241 e. The van der Waals surface area contributed by atoms with Crippen molar-refractivity contribution in [2.45, 2.75) is 40.7 Å². The highest BCUT2D eigenvalue weighted by Gasteiger charge is 2.24.